The van der Waals surface area contributed by atoms with Gasteiger partial charge in [0.05, 0.1) is 23.6 Å². The van der Waals surface area contributed by atoms with Gasteiger partial charge in [-0.15, -0.1) is 0 Å². The molecule has 0 aliphatic rings. The van der Waals surface area contributed by atoms with Gasteiger partial charge in [0, 0.05) is 5.56 Å². The zero-order valence-electron chi connectivity index (χ0n) is 11.1. The second kappa shape index (κ2) is 5.16. The molecule has 3 rings (SSSR count). The topological polar surface area (TPSA) is 75.6 Å². The van der Waals surface area contributed by atoms with E-state index in [0.717, 1.165) is 23.0 Å². The summed E-state index contributed by atoms with van der Waals surface area (Å²) in [4.78, 5) is 16.3. The number of rotatable bonds is 4. The molecular formula is C14H15N5O. The van der Waals surface area contributed by atoms with Crippen LogP contribution in [0.3, 0.4) is 0 Å². The lowest BCUT2D eigenvalue weighted by Crippen LogP contribution is -2.19. The quantitative estimate of drug-likeness (QED) is 0.760. The zero-order chi connectivity index (χ0) is 13.9. The minimum absolute atomic E-state index is 0.105. The molecule has 0 unspecified atom stereocenters. The largest absolute Gasteiger partial charge is 0.321 e. The number of aromatic amines is 1. The summed E-state index contributed by atoms with van der Waals surface area (Å²) >= 11 is 0. The number of aryl methyl sites for hydroxylation is 1. The highest BCUT2D eigenvalue weighted by atomic mass is 16.2. The van der Waals surface area contributed by atoms with Crippen LogP contribution in [0.15, 0.2) is 36.8 Å². The highest BCUT2D eigenvalue weighted by Gasteiger charge is 2.10. The fourth-order valence-electron chi connectivity index (χ4n) is 2.16. The molecule has 6 heteroatoms. The van der Waals surface area contributed by atoms with E-state index in [0.29, 0.717) is 5.82 Å². The van der Waals surface area contributed by atoms with Crippen molar-refractivity contribution in [2.24, 2.45) is 0 Å². The van der Waals surface area contributed by atoms with Crippen LogP contribution in [-0.4, -0.2) is 25.7 Å². The maximum atomic E-state index is 12.1. The van der Waals surface area contributed by atoms with E-state index in [4.69, 9.17) is 0 Å². The molecule has 2 N–H and O–H groups in total. The Labute approximate surface area is 115 Å². The van der Waals surface area contributed by atoms with Crippen molar-refractivity contribution in [2.45, 2.75) is 19.9 Å². The number of nitrogens with one attached hydrogen (secondary N) is 2. The molecule has 0 spiro atoms. The maximum Gasteiger partial charge on any atom is 0.245 e. The first-order valence-corrected chi connectivity index (χ1v) is 6.50. The molecule has 0 radical (unpaired) electrons. The minimum Gasteiger partial charge on any atom is -0.321 e. The van der Waals surface area contributed by atoms with Gasteiger partial charge in [-0.05, 0) is 18.6 Å². The second-order valence-electron chi connectivity index (χ2n) is 4.53. The van der Waals surface area contributed by atoms with E-state index in [1.165, 1.54) is 0 Å². The molecule has 6 nitrogen and oxygen atoms in total. The van der Waals surface area contributed by atoms with Crippen LogP contribution in [0.2, 0.25) is 0 Å². The number of anilines is 1. The molecule has 1 amide bonds. The SMILES string of the molecule is CCc1cn[nH]c1NC(=O)Cn1cnc2ccccc21. The Kier molecular flexibility index (Phi) is 3.20. The minimum atomic E-state index is -0.105. The summed E-state index contributed by atoms with van der Waals surface area (Å²) in [6.07, 6.45) is 4.22. The fraction of sp³-hybridized carbons (Fsp3) is 0.214. The first kappa shape index (κ1) is 12.4. The van der Waals surface area contributed by atoms with Crippen LogP contribution in [0.25, 0.3) is 11.0 Å². The summed E-state index contributed by atoms with van der Waals surface area (Å²) in [7, 11) is 0. The van der Waals surface area contributed by atoms with Gasteiger partial charge in [-0.3, -0.25) is 9.89 Å². The van der Waals surface area contributed by atoms with E-state index in [1.807, 2.05) is 35.8 Å². The number of amides is 1. The van der Waals surface area contributed by atoms with Crippen molar-refractivity contribution in [2.75, 3.05) is 5.32 Å². The normalized spacial score (nSPS) is 10.8. The van der Waals surface area contributed by atoms with Gasteiger partial charge >= 0.3 is 0 Å². The summed E-state index contributed by atoms with van der Waals surface area (Å²) < 4.78 is 1.83. The number of nitrogens with zero attached hydrogens (tertiary/aromatic N) is 3. The van der Waals surface area contributed by atoms with Crippen molar-refractivity contribution < 1.29 is 4.79 Å². The highest BCUT2D eigenvalue weighted by molar-refractivity contribution is 5.91. The first-order chi connectivity index (χ1) is 9.78. The maximum absolute atomic E-state index is 12.1. The van der Waals surface area contributed by atoms with Crippen molar-refractivity contribution in [1.82, 2.24) is 19.7 Å². The Morgan fingerprint density at radius 1 is 1.40 bits per heavy atom. The molecule has 0 fully saturated rings. The number of hydrogen-bond acceptors (Lipinski definition) is 3. The molecular weight excluding hydrogens is 254 g/mol. The monoisotopic (exact) mass is 269 g/mol. The molecule has 0 aliphatic heterocycles. The van der Waals surface area contributed by atoms with Gasteiger partial charge < -0.3 is 9.88 Å². The predicted octanol–water partition coefficient (Wildman–Crippen LogP) is 1.96. The van der Waals surface area contributed by atoms with Crippen LogP contribution in [-0.2, 0) is 17.8 Å². The van der Waals surface area contributed by atoms with Crippen molar-refractivity contribution in [3.05, 3.63) is 42.4 Å². The van der Waals surface area contributed by atoms with Crippen LogP contribution in [0, 0.1) is 0 Å². The summed E-state index contributed by atoms with van der Waals surface area (Å²) in [6, 6.07) is 7.73. The van der Waals surface area contributed by atoms with E-state index in [2.05, 4.69) is 20.5 Å². The van der Waals surface area contributed by atoms with Gasteiger partial charge in [0.25, 0.3) is 0 Å². The molecule has 0 saturated carbocycles. The number of hydrogen-bond donors (Lipinski definition) is 2. The molecule has 1 aromatic carbocycles. The van der Waals surface area contributed by atoms with Gasteiger partial charge in [0.1, 0.15) is 12.4 Å². The molecule has 3 aromatic rings. The summed E-state index contributed by atoms with van der Waals surface area (Å²) in [5.41, 5.74) is 2.83. The van der Waals surface area contributed by atoms with Crippen molar-refractivity contribution in [3.63, 3.8) is 0 Å². The number of imidazole rings is 1. The average Bonchev–Trinajstić information content (AvgIpc) is 3.06. The van der Waals surface area contributed by atoms with Crippen LogP contribution >= 0.6 is 0 Å². The van der Waals surface area contributed by atoms with E-state index in [1.54, 1.807) is 12.5 Å². The highest BCUT2D eigenvalue weighted by Crippen LogP contribution is 2.13. The number of aromatic nitrogens is 4. The molecule has 2 aromatic heterocycles. The lowest BCUT2D eigenvalue weighted by Gasteiger charge is -2.06. The Balaban J connectivity index is 1.76. The lowest BCUT2D eigenvalue weighted by molar-refractivity contribution is -0.116. The van der Waals surface area contributed by atoms with E-state index >= 15 is 0 Å². The summed E-state index contributed by atoms with van der Waals surface area (Å²) in [6.45, 7) is 2.24. The standard InChI is InChI=1S/C14H15N5O/c1-2-10-7-16-18-14(10)17-13(20)8-19-9-15-11-5-3-4-6-12(11)19/h3-7,9H,2,8H2,1H3,(H2,16,17,18,20). The number of para-hydroxylation sites is 2. The van der Waals surface area contributed by atoms with Gasteiger partial charge in [-0.2, -0.15) is 5.10 Å². The molecule has 0 bridgehead atoms. The Morgan fingerprint density at radius 2 is 2.25 bits per heavy atom. The Hall–Kier alpha value is -2.63. The van der Waals surface area contributed by atoms with E-state index < -0.39 is 0 Å². The Morgan fingerprint density at radius 3 is 3.10 bits per heavy atom. The zero-order valence-corrected chi connectivity index (χ0v) is 11.1. The molecule has 2 heterocycles. The number of carbonyl (C=O) groups excluding carboxylic acids is 1. The number of carbonyl (C=O) groups is 1. The van der Waals surface area contributed by atoms with Gasteiger partial charge in [-0.25, -0.2) is 4.98 Å². The van der Waals surface area contributed by atoms with Gasteiger partial charge in [0.2, 0.25) is 5.91 Å². The second-order valence-corrected chi connectivity index (χ2v) is 4.53. The van der Waals surface area contributed by atoms with Crippen molar-refractivity contribution in [3.8, 4) is 0 Å². The summed E-state index contributed by atoms with van der Waals surface area (Å²) in [5.74, 6) is 0.564. The third-order valence-corrected chi connectivity index (χ3v) is 3.20. The van der Waals surface area contributed by atoms with E-state index in [-0.39, 0.29) is 12.5 Å². The Bertz CT molecular complexity index is 743. The third-order valence-electron chi connectivity index (χ3n) is 3.20. The molecule has 20 heavy (non-hydrogen) atoms. The first-order valence-electron chi connectivity index (χ1n) is 6.50. The lowest BCUT2D eigenvalue weighted by atomic mass is 10.2. The van der Waals surface area contributed by atoms with E-state index in [9.17, 15) is 4.79 Å². The van der Waals surface area contributed by atoms with Crippen LogP contribution in [0.4, 0.5) is 5.82 Å². The smallest absolute Gasteiger partial charge is 0.245 e. The van der Waals surface area contributed by atoms with Gasteiger partial charge in [0.15, 0.2) is 0 Å². The predicted molar refractivity (Wildman–Crippen MR) is 76.3 cm³/mol. The molecule has 0 atom stereocenters. The van der Waals surface area contributed by atoms with Gasteiger partial charge in [-0.1, -0.05) is 19.1 Å². The molecule has 0 aliphatic carbocycles. The van der Waals surface area contributed by atoms with Crippen LogP contribution in [0.1, 0.15) is 12.5 Å². The number of H-pyrrole nitrogens is 1. The van der Waals surface area contributed by atoms with Crippen LogP contribution in [0.5, 0.6) is 0 Å². The fourth-order valence-corrected chi connectivity index (χ4v) is 2.16. The molecule has 102 valence electrons. The number of benzene rings is 1. The van der Waals surface area contributed by atoms with Crippen molar-refractivity contribution >= 4 is 22.8 Å². The van der Waals surface area contributed by atoms with Crippen molar-refractivity contribution in [1.29, 1.82) is 0 Å². The average molecular weight is 269 g/mol. The number of fused-ring (bicyclic) bond motifs is 1. The summed E-state index contributed by atoms with van der Waals surface area (Å²) in [5, 5.41) is 9.57. The van der Waals surface area contributed by atoms with Crippen LogP contribution < -0.4 is 5.32 Å². The molecule has 0 saturated heterocycles. The third kappa shape index (κ3) is 2.27.